The zero-order valence-corrected chi connectivity index (χ0v) is 14.0. The summed E-state index contributed by atoms with van der Waals surface area (Å²) in [6, 6.07) is 29.0. The van der Waals surface area contributed by atoms with Gasteiger partial charge in [-0.25, -0.2) is 0 Å². The fourth-order valence-corrected chi connectivity index (χ4v) is 3.73. The van der Waals surface area contributed by atoms with E-state index in [2.05, 4.69) is 65.2 Å². The van der Waals surface area contributed by atoms with Gasteiger partial charge in [0.1, 0.15) is 5.75 Å². The van der Waals surface area contributed by atoms with E-state index in [1.807, 2.05) is 24.3 Å². The van der Waals surface area contributed by atoms with E-state index in [-0.39, 0.29) is 0 Å². The molecule has 0 atom stereocenters. The van der Waals surface area contributed by atoms with Gasteiger partial charge in [0.15, 0.2) is 0 Å². The smallest absolute Gasteiger partial charge is 0.537 e. The minimum Gasteiger partial charge on any atom is -0.537 e. The monoisotopic (exact) mass is 336 g/mol. The van der Waals surface area contributed by atoms with Crippen molar-refractivity contribution in [3.8, 4) is 11.4 Å². The second-order valence-electron chi connectivity index (χ2n) is 6.25. The molecular weight excluding hydrogens is 321 g/mol. The van der Waals surface area contributed by atoms with E-state index in [4.69, 9.17) is 9.68 Å². The molecule has 123 valence electrons. The summed E-state index contributed by atoms with van der Waals surface area (Å²) in [6.07, 6.45) is 0. The number of benzene rings is 4. The molecule has 0 aliphatic rings. The Morgan fingerprint density at radius 1 is 0.692 bits per heavy atom. The van der Waals surface area contributed by atoms with Gasteiger partial charge < -0.3 is 14.2 Å². The molecule has 0 saturated heterocycles. The highest BCUT2D eigenvalue weighted by atomic mass is 16.5. The van der Waals surface area contributed by atoms with E-state index < -0.39 is 0 Å². The SMILES string of the molecule is O[B]Oc1ccc(-n2c3ccccc3c3ccc4ccccc4c32)cc1. The molecule has 26 heavy (non-hydrogen) atoms. The lowest BCUT2D eigenvalue weighted by atomic mass is 10.1. The van der Waals surface area contributed by atoms with Crippen LogP contribution < -0.4 is 4.65 Å². The topological polar surface area (TPSA) is 34.4 Å². The van der Waals surface area contributed by atoms with Crippen molar-refractivity contribution in [2.45, 2.75) is 0 Å². The second kappa shape index (κ2) is 5.93. The van der Waals surface area contributed by atoms with Crippen molar-refractivity contribution in [1.29, 1.82) is 0 Å². The molecule has 0 aliphatic carbocycles. The number of nitrogens with zero attached hydrogens (tertiary/aromatic N) is 1. The third-order valence-corrected chi connectivity index (χ3v) is 4.84. The Morgan fingerprint density at radius 2 is 1.42 bits per heavy atom. The zero-order chi connectivity index (χ0) is 17.5. The number of rotatable bonds is 3. The molecule has 3 nitrogen and oxygen atoms in total. The van der Waals surface area contributed by atoms with Crippen LogP contribution in [0.4, 0.5) is 0 Å². The molecule has 0 fully saturated rings. The fourth-order valence-electron chi connectivity index (χ4n) is 3.73. The lowest BCUT2D eigenvalue weighted by Gasteiger charge is -2.10. The van der Waals surface area contributed by atoms with Crippen LogP contribution >= 0.6 is 0 Å². The summed E-state index contributed by atoms with van der Waals surface area (Å²) < 4.78 is 7.34. The molecule has 0 amide bonds. The molecule has 5 rings (SSSR count). The average Bonchev–Trinajstić information content (AvgIpc) is 3.04. The van der Waals surface area contributed by atoms with Crippen molar-refractivity contribution >= 4 is 40.3 Å². The zero-order valence-electron chi connectivity index (χ0n) is 14.0. The van der Waals surface area contributed by atoms with Crippen LogP contribution in [0.5, 0.6) is 5.75 Å². The van der Waals surface area contributed by atoms with Crippen LogP contribution in [0.1, 0.15) is 0 Å². The van der Waals surface area contributed by atoms with Gasteiger partial charge in [0.05, 0.1) is 11.0 Å². The average molecular weight is 336 g/mol. The molecule has 1 aromatic heterocycles. The Morgan fingerprint density at radius 3 is 2.23 bits per heavy atom. The summed E-state index contributed by atoms with van der Waals surface area (Å²) >= 11 is 0. The van der Waals surface area contributed by atoms with Gasteiger partial charge in [-0.3, -0.25) is 0 Å². The van der Waals surface area contributed by atoms with Crippen LogP contribution in [0.2, 0.25) is 0 Å². The highest BCUT2D eigenvalue weighted by molar-refractivity contribution is 6.18. The number of hydrogen-bond acceptors (Lipinski definition) is 2. The molecule has 1 N–H and O–H groups in total. The lowest BCUT2D eigenvalue weighted by molar-refractivity contribution is 0.454. The molecule has 4 heteroatoms. The highest BCUT2D eigenvalue weighted by Crippen LogP contribution is 2.36. The van der Waals surface area contributed by atoms with E-state index in [9.17, 15) is 0 Å². The van der Waals surface area contributed by atoms with Crippen molar-refractivity contribution in [3.05, 3.63) is 84.9 Å². The molecule has 0 bridgehead atoms. The molecule has 5 aromatic rings. The summed E-state index contributed by atoms with van der Waals surface area (Å²) in [5, 5.41) is 13.7. The quantitative estimate of drug-likeness (QED) is 0.478. The summed E-state index contributed by atoms with van der Waals surface area (Å²) in [4.78, 5) is 0. The maximum absolute atomic E-state index is 8.82. The Labute approximate surface area is 151 Å². The van der Waals surface area contributed by atoms with E-state index in [1.165, 1.54) is 32.6 Å². The molecule has 1 radical (unpaired) electrons. The standard InChI is InChI=1S/C22H15BNO2/c25-23-26-17-12-10-16(11-13-17)24-21-8-4-3-7-19(21)20-14-9-15-5-1-2-6-18(15)22(20)24/h1-14,25H. The van der Waals surface area contributed by atoms with Crippen molar-refractivity contribution in [1.82, 2.24) is 4.57 Å². The van der Waals surface area contributed by atoms with E-state index in [0.29, 0.717) is 13.4 Å². The predicted molar refractivity (Wildman–Crippen MR) is 107 cm³/mol. The Balaban J connectivity index is 1.91. The summed E-state index contributed by atoms with van der Waals surface area (Å²) in [6.45, 7) is 0. The second-order valence-corrected chi connectivity index (χ2v) is 6.25. The van der Waals surface area contributed by atoms with Crippen LogP contribution in [0, 0.1) is 0 Å². The van der Waals surface area contributed by atoms with Crippen molar-refractivity contribution in [3.63, 3.8) is 0 Å². The van der Waals surface area contributed by atoms with Gasteiger partial charge >= 0.3 is 7.69 Å². The van der Waals surface area contributed by atoms with Crippen molar-refractivity contribution in [2.75, 3.05) is 0 Å². The normalized spacial score (nSPS) is 11.3. The number of para-hydroxylation sites is 1. The number of hydrogen-bond donors (Lipinski definition) is 1. The van der Waals surface area contributed by atoms with Crippen LogP contribution in [-0.4, -0.2) is 17.3 Å². The Bertz CT molecular complexity index is 1240. The summed E-state index contributed by atoms with van der Waals surface area (Å²) in [5.74, 6) is 0.599. The van der Waals surface area contributed by atoms with E-state index in [0.717, 1.165) is 5.69 Å². The Kier molecular flexibility index (Phi) is 3.44. The van der Waals surface area contributed by atoms with E-state index in [1.54, 1.807) is 0 Å². The molecule has 1 heterocycles. The predicted octanol–water partition coefficient (Wildman–Crippen LogP) is 4.84. The van der Waals surface area contributed by atoms with Gasteiger partial charge in [0.2, 0.25) is 0 Å². The van der Waals surface area contributed by atoms with Crippen molar-refractivity contribution < 1.29 is 9.68 Å². The highest BCUT2D eigenvalue weighted by Gasteiger charge is 2.14. The largest absolute Gasteiger partial charge is 0.569 e. The third kappa shape index (κ3) is 2.20. The Hall–Kier alpha value is -3.24. The van der Waals surface area contributed by atoms with Crippen molar-refractivity contribution in [2.24, 2.45) is 0 Å². The van der Waals surface area contributed by atoms with Gasteiger partial charge in [0.25, 0.3) is 0 Å². The maximum atomic E-state index is 8.82. The summed E-state index contributed by atoms with van der Waals surface area (Å²) in [7, 11) is 0.697. The van der Waals surface area contributed by atoms with Crippen LogP contribution in [-0.2, 0) is 0 Å². The minimum absolute atomic E-state index is 0.599. The molecule has 4 aromatic carbocycles. The first-order chi connectivity index (χ1) is 12.9. The minimum atomic E-state index is 0.599. The first kappa shape index (κ1) is 15.1. The first-order valence-corrected chi connectivity index (χ1v) is 8.51. The third-order valence-electron chi connectivity index (χ3n) is 4.84. The first-order valence-electron chi connectivity index (χ1n) is 8.51. The fraction of sp³-hybridized carbons (Fsp3) is 0. The molecule has 0 unspecified atom stereocenters. The molecule has 0 saturated carbocycles. The van der Waals surface area contributed by atoms with Gasteiger partial charge in [-0.15, -0.1) is 0 Å². The van der Waals surface area contributed by atoms with Gasteiger partial charge in [0, 0.05) is 21.8 Å². The van der Waals surface area contributed by atoms with Gasteiger partial charge in [-0.1, -0.05) is 54.6 Å². The molecule has 0 aliphatic heterocycles. The number of fused-ring (bicyclic) bond motifs is 5. The summed E-state index contributed by atoms with van der Waals surface area (Å²) in [5.41, 5.74) is 3.42. The molecule has 0 spiro atoms. The number of aromatic nitrogens is 1. The maximum Gasteiger partial charge on any atom is 0.569 e. The van der Waals surface area contributed by atoms with Gasteiger partial charge in [-0.05, 0) is 35.7 Å². The molecular formula is C22H15BNO2. The van der Waals surface area contributed by atoms with E-state index >= 15 is 0 Å². The van der Waals surface area contributed by atoms with Crippen LogP contribution in [0.15, 0.2) is 84.9 Å². The van der Waals surface area contributed by atoms with Gasteiger partial charge in [-0.2, -0.15) is 0 Å². The van der Waals surface area contributed by atoms with Crippen LogP contribution in [0.3, 0.4) is 0 Å². The lowest BCUT2D eigenvalue weighted by Crippen LogP contribution is -2.00. The van der Waals surface area contributed by atoms with Crippen LogP contribution in [0.25, 0.3) is 38.3 Å².